The zero-order valence-electron chi connectivity index (χ0n) is 19.9. The number of amides is 5. The monoisotopic (exact) mass is 535 g/mol. The Morgan fingerprint density at radius 2 is 1.95 bits per heavy atom. The van der Waals surface area contributed by atoms with Crippen LogP contribution in [-0.2, 0) is 28.8 Å². The molecule has 0 radical (unpaired) electrons. The van der Waals surface area contributed by atoms with E-state index in [0.717, 1.165) is 10.0 Å². The van der Waals surface area contributed by atoms with Crippen molar-refractivity contribution in [2.75, 3.05) is 11.9 Å². The van der Waals surface area contributed by atoms with E-state index >= 15 is 0 Å². The zero-order chi connectivity index (χ0) is 27.3. The molecule has 1 aromatic rings. The number of benzene rings is 1. The average molecular weight is 536 g/mol. The van der Waals surface area contributed by atoms with Gasteiger partial charge in [-0.1, -0.05) is 11.6 Å². The Balaban J connectivity index is 1.80. The first kappa shape index (κ1) is 27.6. The number of aliphatic carboxylic acids is 1. The highest BCUT2D eigenvalue weighted by Crippen LogP contribution is 2.26. The number of fused-ring (bicyclic) bond motifs is 1. The quantitative estimate of drug-likeness (QED) is 0.337. The minimum Gasteiger partial charge on any atom is -0.481 e. The van der Waals surface area contributed by atoms with Crippen LogP contribution in [0, 0.1) is 0 Å². The molecule has 0 unspecified atom stereocenters. The molecule has 0 aliphatic carbocycles. The Hall–Kier alpha value is -4.00. The Morgan fingerprint density at radius 3 is 2.57 bits per heavy atom. The summed E-state index contributed by atoms with van der Waals surface area (Å²) in [5, 5.41) is 18.6. The van der Waals surface area contributed by atoms with E-state index in [1.165, 1.54) is 25.1 Å². The number of carbonyl (C=O) groups excluding carboxylic acids is 6. The number of rotatable bonds is 8. The van der Waals surface area contributed by atoms with Crippen molar-refractivity contribution >= 4 is 59.1 Å². The Morgan fingerprint density at radius 1 is 1.22 bits per heavy atom. The molecule has 13 nitrogen and oxygen atoms in total. The Kier molecular flexibility index (Phi) is 8.81. The second kappa shape index (κ2) is 11.8. The van der Waals surface area contributed by atoms with Gasteiger partial charge in [0, 0.05) is 25.5 Å². The first-order valence-electron chi connectivity index (χ1n) is 11.5. The number of hydrogen-bond acceptors (Lipinski definition) is 7. The van der Waals surface area contributed by atoms with Gasteiger partial charge in [-0.25, -0.2) is 5.01 Å². The van der Waals surface area contributed by atoms with Gasteiger partial charge >= 0.3 is 5.97 Å². The second-order valence-electron chi connectivity index (χ2n) is 8.65. The summed E-state index contributed by atoms with van der Waals surface area (Å²) in [6.07, 6.45) is 0.126. The minimum atomic E-state index is -1.31. The highest BCUT2D eigenvalue weighted by atomic mass is 35.5. The van der Waals surface area contributed by atoms with Gasteiger partial charge in [-0.2, -0.15) is 0 Å². The van der Waals surface area contributed by atoms with Crippen LogP contribution >= 0.6 is 11.6 Å². The lowest BCUT2D eigenvalue weighted by molar-refractivity contribution is -0.176. The Labute approximate surface area is 216 Å². The molecule has 2 fully saturated rings. The molecule has 2 aliphatic heterocycles. The molecule has 3 atom stereocenters. The molecular weight excluding hydrogens is 510 g/mol. The predicted octanol–water partition coefficient (Wildman–Crippen LogP) is 0.0836. The molecule has 5 amide bonds. The molecule has 14 heteroatoms. The van der Waals surface area contributed by atoms with Crippen molar-refractivity contribution in [1.82, 2.24) is 20.7 Å². The van der Waals surface area contributed by atoms with Gasteiger partial charge in [0.15, 0.2) is 0 Å². The van der Waals surface area contributed by atoms with Gasteiger partial charge in [0.1, 0.15) is 18.4 Å². The molecule has 3 rings (SSSR count). The van der Waals surface area contributed by atoms with Crippen molar-refractivity contribution < 1.29 is 38.7 Å². The normalized spacial score (nSPS) is 20.3. The van der Waals surface area contributed by atoms with Crippen molar-refractivity contribution in [3.8, 4) is 0 Å². The maximum absolute atomic E-state index is 13.5. The number of hydrazine groups is 1. The van der Waals surface area contributed by atoms with Gasteiger partial charge in [-0.3, -0.25) is 33.8 Å². The smallest absolute Gasteiger partial charge is 0.305 e. The average Bonchev–Trinajstić information content (AvgIpc) is 2.96. The molecule has 0 bridgehead atoms. The molecule has 1 aromatic carbocycles. The van der Waals surface area contributed by atoms with Crippen molar-refractivity contribution in [2.45, 2.75) is 57.2 Å². The van der Waals surface area contributed by atoms with Crippen LogP contribution in [0.25, 0.3) is 0 Å². The fraction of sp³-hybridized carbons (Fsp3) is 0.435. The summed E-state index contributed by atoms with van der Waals surface area (Å²) in [5.41, 5.74) is 0.408. The standard InChI is InChI=1S/C23H26ClN5O8/c1-12(31)25-16-5-4-13(9-15(16)24)21(35)27-17-6-7-19(32)28-8-2-3-18(29(28)23(17)37)22(36)26-14(11-30)10-20(33)34/h4-5,9,11,14,17-18H,2-3,6-8,10H2,1H3,(H,25,31)(H,26,36)(H,27,35)(H,33,34)/t14-,17-,18-/m0/s1. The molecule has 0 saturated carbocycles. The lowest BCUT2D eigenvalue weighted by Gasteiger charge is -2.43. The number of aldehydes is 1. The van der Waals surface area contributed by atoms with Crippen molar-refractivity contribution in [3.05, 3.63) is 28.8 Å². The molecule has 4 N–H and O–H groups in total. The highest BCUT2D eigenvalue weighted by Gasteiger charge is 2.45. The van der Waals surface area contributed by atoms with E-state index in [1.54, 1.807) is 0 Å². The number of hydrogen-bond donors (Lipinski definition) is 4. The molecule has 198 valence electrons. The summed E-state index contributed by atoms with van der Waals surface area (Å²) in [4.78, 5) is 85.5. The highest BCUT2D eigenvalue weighted by molar-refractivity contribution is 6.34. The lowest BCUT2D eigenvalue weighted by atomic mass is 10.0. The minimum absolute atomic E-state index is 0.0154. The molecule has 0 spiro atoms. The number of carboxylic acid groups (broad SMARTS) is 1. The summed E-state index contributed by atoms with van der Waals surface area (Å²) >= 11 is 6.14. The summed E-state index contributed by atoms with van der Waals surface area (Å²) in [7, 11) is 0. The molecule has 2 aliphatic rings. The van der Waals surface area contributed by atoms with Crippen LogP contribution in [0.5, 0.6) is 0 Å². The third-order valence-electron chi connectivity index (χ3n) is 5.90. The van der Waals surface area contributed by atoms with E-state index in [-0.39, 0.29) is 48.6 Å². The van der Waals surface area contributed by atoms with E-state index in [2.05, 4.69) is 16.0 Å². The predicted molar refractivity (Wildman–Crippen MR) is 128 cm³/mol. The zero-order valence-corrected chi connectivity index (χ0v) is 20.6. The summed E-state index contributed by atoms with van der Waals surface area (Å²) in [5.74, 6) is -4.19. The number of nitrogens with one attached hydrogen (secondary N) is 3. The first-order chi connectivity index (χ1) is 17.5. The third-order valence-corrected chi connectivity index (χ3v) is 6.21. The number of carbonyl (C=O) groups is 7. The van der Waals surface area contributed by atoms with E-state index in [0.29, 0.717) is 12.1 Å². The molecule has 2 heterocycles. The number of nitrogens with zero attached hydrogens (tertiary/aromatic N) is 2. The van der Waals surface area contributed by atoms with E-state index in [9.17, 15) is 33.6 Å². The van der Waals surface area contributed by atoms with E-state index < -0.39 is 54.1 Å². The van der Waals surface area contributed by atoms with Crippen LogP contribution in [0.15, 0.2) is 18.2 Å². The van der Waals surface area contributed by atoms with Crippen LogP contribution in [-0.4, -0.2) is 81.6 Å². The Bertz CT molecular complexity index is 1140. The molecule has 37 heavy (non-hydrogen) atoms. The van der Waals surface area contributed by atoms with Gasteiger partial charge in [0.05, 0.1) is 23.2 Å². The van der Waals surface area contributed by atoms with Gasteiger partial charge in [-0.15, -0.1) is 0 Å². The van der Waals surface area contributed by atoms with Crippen LogP contribution in [0.2, 0.25) is 5.02 Å². The van der Waals surface area contributed by atoms with E-state index in [1.807, 2.05) is 0 Å². The van der Waals surface area contributed by atoms with E-state index in [4.69, 9.17) is 16.7 Å². The summed E-state index contributed by atoms with van der Waals surface area (Å²) in [6.45, 7) is 1.49. The summed E-state index contributed by atoms with van der Waals surface area (Å²) < 4.78 is 0. The van der Waals surface area contributed by atoms with Crippen LogP contribution in [0.3, 0.4) is 0 Å². The van der Waals surface area contributed by atoms with Gasteiger partial charge in [-0.05, 0) is 37.5 Å². The van der Waals surface area contributed by atoms with Crippen molar-refractivity contribution in [2.24, 2.45) is 0 Å². The van der Waals surface area contributed by atoms with Crippen LogP contribution in [0.1, 0.15) is 49.4 Å². The largest absolute Gasteiger partial charge is 0.481 e. The number of halogens is 1. The number of anilines is 1. The molecule has 2 saturated heterocycles. The van der Waals surface area contributed by atoms with Gasteiger partial charge in [0.2, 0.25) is 17.7 Å². The second-order valence-corrected chi connectivity index (χ2v) is 9.05. The molecule has 0 aromatic heterocycles. The van der Waals surface area contributed by atoms with Gasteiger partial charge < -0.3 is 25.9 Å². The summed E-state index contributed by atoms with van der Waals surface area (Å²) in [6, 6.07) is 0.531. The first-order valence-corrected chi connectivity index (χ1v) is 11.9. The third kappa shape index (κ3) is 6.61. The fourth-order valence-corrected chi connectivity index (χ4v) is 4.42. The number of carboxylic acids is 1. The fourth-order valence-electron chi connectivity index (χ4n) is 4.20. The maximum atomic E-state index is 13.5. The topological polar surface area (TPSA) is 182 Å². The lowest BCUT2D eigenvalue weighted by Crippen LogP contribution is -2.64. The SMILES string of the molecule is CC(=O)Nc1ccc(C(=O)N[C@H]2CCC(=O)N3CCC[C@@H](C(=O)N[C@H](C=O)CC(=O)O)N3C2=O)cc1Cl. The van der Waals surface area contributed by atoms with Crippen molar-refractivity contribution in [1.29, 1.82) is 0 Å². The van der Waals surface area contributed by atoms with Crippen LogP contribution < -0.4 is 16.0 Å². The van der Waals surface area contributed by atoms with Crippen molar-refractivity contribution in [3.63, 3.8) is 0 Å². The molecular formula is C23H26ClN5O8. The van der Waals surface area contributed by atoms with Crippen LogP contribution in [0.4, 0.5) is 5.69 Å². The van der Waals surface area contributed by atoms with Gasteiger partial charge in [0.25, 0.3) is 11.8 Å². The maximum Gasteiger partial charge on any atom is 0.305 e.